The average Bonchev–Trinajstić information content (AvgIpc) is 2.24. The molecule has 0 aromatic heterocycles. The molecule has 0 bridgehead atoms. The molecule has 1 saturated carbocycles. The van der Waals surface area contributed by atoms with Crippen LogP contribution >= 0.6 is 0 Å². The first-order valence-electron chi connectivity index (χ1n) is 7.72. The Morgan fingerprint density at radius 1 is 1.17 bits per heavy atom. The molecule has 0 heterocycles. The molecule has 0 amide bonds. The SMILES string of the molecule is CC(C)CC(O)CNC1CCCCC1C(C)(C)C. The fourth-order valence-corrected chi connectivity index (χ4v) is 3.33. The van der Waals surface area contributed by atoms with Gasteiger partial charge in [-0.25, -0.2) is 0 Å². The lowest BCUT2D eigenvalue weighted by molar-refractivity contribution is 0.101. The number of rotatable bonds is 5. The van der Waals surface area contributed by atoms with Crippen molar-refractivity contribution in [3.8, 4) is 0 Å². The molecular weight excluding hydrogens is 222 g/mol. The van der Waals surface area contributed by atoms with Crippen LogP contribution in [0.5, 0.6) is 0 Å². The Kier molecular flexibility index (Phi) is 6.13. The maximum absolute atomic E-state index is 9.98. The van der Waals surface area contributed by atoms with Gasteiger partial charge in [-0.05, 0) is 36.5 Å². The van der Waals surface area contributed by atoms with Gasteiger partial charge in [-0.2, -0.15) is 0 Å². The van der Waals surface area contributed by atoms with Gasteiger partial charge in [-0.1, -0.05) is 47.5 Å². The largest absolute Gasteiger partial charge is 0.392 e. The molecule has 108 valence electrons. The van der Waals surface area contributed by atoms with Crippen molar-refractivity contribution in [2.24, 2.45) is 17.3 Å². The van der Waals surface area contributed by atoms with Crippen molar-refractivity contribution in [2.45, 2.75) is 78.9 Å². The van der Waals surface area contributed by atoms with Crippen molar-refractivity contribution >= 4 is 0 Å². The van der Waals surface area contributed by atoms with Gasteiger partial charge in [0, 0.05) is 12.6 Å². The van der Waals surface area contributed by atoms with Gasteiger partial charge in [0.25, 0.3) is 0 Å². The Labute approximate surface area is 114 Å². The highest BCUT2D eigenvalue weighted by molar-refractivity contribution is 4.88. The van der Waals surface area contributed by atoms with Crippen LogP contribution in [-0.2, 0) is 0 Å². The van der Waals surface area contributed by atoms with Crippen LogP contribution in [0.1, 0.15) is 66.7 Å². The van der Waals surface area contributed by atoms with E-state index in [1.165, 1.54) is 25.7 Å². The summed E-state index contributed by atoms with van der Waals surface area (Å²) in [6, 6.07) is 0.598. The molecule has 3 atom stereocenters. The zero-order valence-corrected chi connectivity index (χ0v) is 13.0. The Hall–Kier alpha value is -0.0800. The van der Waals surface area contributed by atoms with Crippen LogP contribution in [-0.4, -0.2) is 23.8 Å². The molecule has 2 heteroatoms. The van der Waals surface area contributed by atoms with E-state index in [0.29, 0.717) is 17.4 Å². The smallest absolute Gasteiger partial charge is 0.0667 e. The summed E-state index contributed by atoms with van der Waals surface area (Å²) in [7, 11) is 0. The van der Waals surface area contributed by atoms with E-state index in [4.69, 9.17) is 0 Å². The first-order valence-corrected chi connectivity index (χ1v) is 7.72. The lowest BCUT2D eigenvalue weighted by atomic mass is 9.69. The monoisotopic (exact) mass is 255 g/mol. The van der Waals surface area contributed by atoms with E-state index < -0.39 is 0 Å². The topological polar surface area (TPSA) is 32.3 Å². The van der Waals surface area contributed by atoms with Gasteiger partial charge in [-0.15, -0.1) is 0 Å². The summed E-state index contributed by atoms with van der Waals surface area (Å²) < 4.78 is 0. The standard InChI is InChI=1S/C16H33NO/c1-12(2)10-13(18)11-17-15-9-7-6-8-14(15)16(3,4)5/h12-15,17-18H,6-11H2,1-5H3. The van der Waals surface area contributed by atoms with Crippen molar-refractivity contribution in [3.63, 3.8) is 0 Å². The zero-order valence-electron chi connectivity index (χ0n) is 13.0. The summed E-state index contributed by atoms with van der Waals surface area (Å²) in [5.74, 6) is 1.32. The molecule has 0 saturated heterocycles. The molecule has 1 fully saturated rings. The minimum atomic E-state index is -0.187. The maximum atomic E-state index is 9.98. The van der Waals surface area contributed by atoms with E-state index in [1.807, 2.05) is 0 Å². The molecule has 2 nitrogen and oxygen atoms in total. The Morgan fingerprint density at radius 3 is 2.33 bits per heavy atom. The summed E-state index contributed by atoms with van der Waals surface area (Å²) in [5.41, 5.74) is 0.376. The van der Waals surface area contributed by atoms with Gasteiger partial charge < -0.3 is 10.4 Å². The van der Waals surface area contributed by atoms with E-state index >= 15 is 0 Å². The number of aliphatic hydroxyl groups excluding tert-OH is 1. The molecule has 0 spiro atoms. The van der Waals surface area contributed by atoms with Gasteiger partial charge in [0.05, 0.1) is 6.10 Å². The van der Waals surface area contributed by atoms with Crippen LogP contribution in [0.2, 0.25) is 0 Å². The average molecular weight is 255 g/mol. The molecule has 2 N–H and O–H groups in total. The van der Waals surface area contributed by atoms with E-state index in [9.17, 15) is 5.11 Å². The predicted octanol–water partition coefficient (Wildman–Crippen LogP) is 3.59. The van der Waals surface area contributed by atoms with Gasteiger partial charge in [0.2, 0.25) is 0 Å². The van der Waals surface area contributed by atoms with Gasteiger partial charge in [0.1, 0.15) is 0 Å². The third kappa shape index (κ3) is 5.27. The molecule has 0 aromatic carbocycles. The summed E-state index contributed by atoms with van der Waals surface area (Å²) >= 11 is 0. The van der Waals surface area contributed by atoms with Crippen molar-refractivity contribution < 1.29 is 5.11 Å². The Bertz CT molecular complexity index is 232. The third-order valence-corrected chi connectivity index (χ3v) is 4.24. The normalized spacial score (nSPS) is 27.5. The van der Waals surface area contributed by atoms with Crippen molar-refractivity contribution in [2.75, 3.05) is 6.54 Å². The fourth-order valence-electron chi connectivity index (χ4n) is 3.33. The number of hydrogen-bond acceptors (Lipinski definition) is 2. The first-order chi connectivity index (χ1) is 8.30. The Balaban J connectivity index is 2.43. The number of hydrogen-bond donors (Lipinski definition) is 2. The lowest BCUT2D eigenvalue weighted by Crippen LogP contribution is -2.46. The van der Waals surface area contributed by atoms with Crippen LogP contribution in [0.25, 0.3) is 0 Å². The maximum Gasteiger partial charge on any atom is 0.0667 e. The van der Waals surface area contributed by atoms with Crippen LogP contribution in [0.15, 0.2) is 0 Å². The second-order valence-electron chi connectivity index (χ2n) is 7.56. The molecule has 0 aromatic rings. The van der Waals surface area contributed by atoms with Crippen LogP contribution in [0.3, 0.4) is 0 Å². The molecule has 0 aliphatic heterocycles. The minimum absolute atomic E-state index is 0.187. The molecule has 0 radical (unpaired) electrons. The third-order valence-electron chi connectivity index (χ3n) is 4.24. The summed E-state index contributed by atoms with van der Waals surface area (Å²) in [4.78, 5) is 0. The second kappa shape index (κ2) is 6.91. The molecule has 18 heavy (non-hydrogen) atoms. The minimum Gasteiger partial charge on any atom is -0.392 e. The van der Waals surface area contributed by atoms with Crippen LogP contribution in [0.4, 0.5) is 0 Å². The second-order valence-corrected chi connectivity index (χ2v) is 7.56. The molecule has 1 aliphatic carbocycles. The molecule has 1 rings (SSSR count). The highest BCUT2D eigenvalue weighted by Gasteiger charge is 2.33. The van der Waals surface area contributed by atoms with Crippen LogP contribution < -0.4 is 5.32 Å². The Morgan fingerprint density at radius 2 is 1.78 bits per heavy atom. The zero-order chi connectivity index (χ0) is 13.8. The van der Waals surface area contributed by atoms with Gasteiger partial charge in [-0.3, -0.25) is 0 Å². The van der Waals surface area contributed by atoms with E-state index in [-0.39, 0.29) is 6.10 Å². The number of nitrogens with one attached hydrogen (secondary N) is 1. The molecular formula is C16H33NO. The molecule has 3 unspecified atom stereocenters. The van der Waals surface area contributed by atoms with E-state index in [2.05, 4.69) is 39.9 Å². The predicted molar refractivity (Wildman–Crippen MR) is 78.7 cm³/mol. The van der Waals surface area contributed by atoms with E-state index in [1.54, 1.807) is 0 Å². The van der Waals surface area contributed by atoms with Crippen molar-refractivity contribution in [1.82, 2.24) is 5.32 Å². The lowest BCUT2D eigenvalue weighted by Gasteiger charge is -2.41. The van der Waals surface area contributed by atoms with Crippen molar-refractivity contribution in [1.29, 1.82) is 0 Å². The highest BCUT2D eigenvalue weighted by Crippen LogP contribution is 2.37. The quantitative estimate of drug-likeness (QED) is 0.787. The van der Waals surface area contributed by atoms with Crippen molar-refractivity contribution in [3.05, 3.63) is 0 Å². The first kappa shape index (κ1) is 16.0. The summed E-state index contributed by atoms with van der Waals surface area (Å²) in [6.07, 6.45) is 6.03. The van der Waals surface area contributed by atoms with Crippen LogP contribution in [0, 0.1) is 17.3 Å². The molecule has 1 aliphatic rings. The van der Waals surface area contributed by atoms with Gasteiger partial charge in [0.15, 0.2) is 0 Å². The summed E-state index contributed by atoms with van der Waals surface area (Å²) in [6.45, 7) is 12.1. The van der Waals surface area contributed by atoms with Gasteiger partial charge >= 0.3 is 0 Å². The summed E-state index contributed by atoms with van der Waals surface area (Å²) in [5, 5.41) is 13.6. The number of aliphatic hydroxyl groups is 1. The van der Waals surface area contributed by atoms with E-state index in [0.717, 1.165) is 18.9 Å². The fraction of sp³-hybridized carbons (Fsp3) is 1.00. The highest BCUT2D eigenvalue weighted by atomic mass is 16.3.